The van der Waals surface area contributed by atoms with Gasteiger partial charge in [-0.1, -0.05) is 20.3 Å². The summed E-state index contributed by atoms with van der Waals surface area (Å²) in [4.78, 5) is 0.101. The van der Waals surface area contributed by atoms with E-state index in [0.29, 0.717) is 11.7 Å². The second-order valence-corrected chi connectivity index (χ2v) is 7.23. The van der Waals surface area contributed by atoms with Crippen LogP contribution in [-0.4, -0.2) is 14.5 Å². The Morgan fingerprint density at radius 1 is 1.47 bits per heavy atom. The Bertz CT molecular complexity index is 513. The predicted octanol–water partition coefficient (Wildman–Crippen LogP) is 2.60. The van der Waals surface area contributed by atoms with E-state index in [-0.39, 0.29) is 22.2 Å². The first kappa shape index (κ1) is 16.7. The summed E-state index contributed by atoms with van der Waals surface area (Å²) in [5, 5.41) is 0. The lowest BCUT2D eigenvalue weighted by Gasteiger charge is -2.17. The van der Waals surface area contributed by atoms with Crippen LogP contribution in [0.3, 0.4) is 0 Å². The first-order chi connectivity index (χ1) is 8.80. The van der Waals surface area contributed by atoms with Gasteiger partial charge in [0.05, 0.1) is 6.54 Å². The van der Waals surface area contributed by atoms with E-state index in [1.807, 2.05) is 6.92 Å². The van der Waals surface area contributed by atoms with Gasteiger partial charge in [-0.15, -0.1) is 0 Å². The van der Waals surface area contributed by atoms with Gasteiger partial charge in [-0.3, -0.25) is 0 Å². The molecule has 3 N–H and O–H groups in total. The maximum atomic E-state index is 12.2. The molecule has 19 heavy (non-hydrogen) atoms. The van der Waals surface area contributed by atoms with Crippen LogP contribution < -0.4 is 10.5 Å². The smallest absolute Gasteiger partial charge is 0.245 e. The van der Waals surface area contributed by atoms with Crippen molar-refractivity contribution in [1.82, 2.24) is 4.72 Å². The molecule has 110 valence electrons. The number of furan rings is 1. The Morgan fingerprint density at radius 3 is 2.58 bits per heavy atom. The molecule has 1 aromatic rings. The van der Waals surface area contributed by atoms with Crippen molar-refractivity contribution in [2.75, 3.05) is 0 Å². The monoisotopic (exact) mass is 352 g/mol. The number of sulfonamides is 1. The van der Waals surface area contributed by atoms with Crippen LogP contribution in [0.5, 0.6) is 0 Å². The van der Waals surface area contributed by atoms with Crippen LogP contribution in [0.25, 0.3) is 0 Å². The van der Waals surface area contributed by atoms with Crippen LogP contribution in [-0.2, 0) is 16.6 Å². The molecule has 0 spiro atoms. The first-order valence-electron chi connectivity index (χ1n) is 6.30. The van der Waals surface area contributed by atoms with Gasteiger partial charge >= 0.3 is 0 Å². The lowest BCUT2D eigenvalue weighted by atomic mass is 10.0. The lowest BCUT2D eigenvalue weighted by Crippen LogP contribution is -2.33. The number of nitrogens with one attached hydrogen (secondary N) is 1. The quantitative estimate of drug-likeness (QED) is 0.789. The number of halogens is 1. The molecule has 0 saturated carbocycles. The van der Waals surface area contributed by atoms with Crippen LogP contribution >= 0.6 is 15.9 Å². The standard InChI is InChI=1S/C12H21BrN2O3S/c1-4-8(2)5-9(3)15-19(16,17)11-6-10(7-14)18-12(11)13/h6,8-9,15H,4-5,7,14H2,1-3H3. The number of hydrogen-bond donors (Lipinski definition) is 2. The highest BCUT2D eigenvalue weighted by Crippen LogP contribution is 2.26. The van der Waals surface area contributed by atoms with Gasteiger partial charge in [-0.2, -0.15) is 0 Å². The molecule has 1 heterocycles. The highest BCUT2D eigenvalue weighted by molar-refractivity contribution is 9.10. The molecule has 0 fully saturated rings. The van der Waals surface area contributed by atoms with E-state index in [1.54, 1.807) is 0 Å². The molecule has 2 unspecified atom stereocenters. The van der Waals surface area contributed by atoms with E-state index in [4.69, 9.17) is 10.2 Å². The Balaban J connectivity index is 2.83. The van der Waals surface area contributed by atoms with E-state index in [2.05, 4.69) is 34.5 Å². The highest BCUT2D eigenvalue weighted by Gasteiger charge is 2.24. The zero-order valence-electron chi connectivity index (χ0n) is 11.4. The second kappa shape index (κ2) is 6.88. The third-order valence-electron chi connectivity index (χ3n) is 3.01. The summed E-state index contributed by atoms with van der Waals surface area (Å²) in [6.07, 6.45) is 1.83. The van der Waals surface area contributed by atoms with Gasteiger partial charge in [0.2, 0.25) is 10.0 Å². The van der Waals surface area contributed by atoms with Gasteiger partial charge in [0.25, 0.3) is 0 Å². The number of nitrogens with two attached hydrogens (primary N) is 1. The molecule has 0 bridgehead atoms. The van der Waals surface area contributed by atoms with Crippen molar-refractivity contribution < 1.29 is 12.8 Å². The summed E-state index contributed by atoms with van der Waals surface area (Å²) < 4.78 is 32.5. The molecule has 0 amide bonds. The molecule has 0 radical (unpaired) electrons. The van der Waals surface area contributed by atoms with Gasteiger partial charge in [0, 0.05) is 12.1 Å². The fourth-order valence-corrected chi connectivity index (χ4v) is 4.08. The van der Waals surface area contributed by atoms with Crippen LogP contribution in [0.4, 0.5) is 0 Å². The highest BCUT2D eigenvalue weighted by atomic mass is 79.9. The van der Waals surface area contributed by atoms with Gasteiger partial charge < -0.3 is 10.2 Å². The predicted molar refractivity (Wildman–Crippen MR) is 78.2 cm³/mol. The minimum atomic E-state index is -3.58. The normalized spacial score (nSPS) is 15.4. The Hall–Kier alpha value is -0.370. The molecule has 1 aromatic heterocycles. The van der Waals surface area contributed by atoms with E-state index < -0.39 is 10.0 Å². The summed E-state index contributed by atoms with van der Waals surface area (Å²) in [7, 11) is -3.58. The van der Waals surface area contributed by atoms with Crippen molar-refractivity contribution in [2.24, 2.45) is 11.7 Å². The third-order valence-corrected chi connectivity index (χ3v) is 5.45. The lowest BCUT2D eigenvalue weighted by molar-refractivity contribution is 0.444. The van der Waals surface area contributed by atoms with Crippen molar-refractivity contribution in [1.29, 1.82) is 0 Å². The average Bonchev–Trinajstić information content (AvgIpc) is 2.70. The molecular formula is C12H21BrN2O3S. The summed E-state index contributed by atoms with van der Waals surface area (Å²) in [5.41, 5.74) is 5.43. The molecule has 5 nitrogen and oxygen atoms in total. The van der Waals surface area contributed by atoms with Crippen molar-refractivity contribution >= 4 is 26.0 Å². The van der Waals surface area contributed by atoms with Gasteiger partial charge in [0.15, 0.2) is 4.67 Å². The van der Waals surface area contributed by atoms with Crippen molar-refractivity contribution in [3.05, 3.63) is 16.5 Å². The average molecular weight is 353 g/mol. The summed E-state index contributed by atoms with van der Waals surface area (Å²) in [6, 6.07) is 1.32. The van der Waals surface area contributed by atoms with Crippen molar-refractivity contribution in [3.8, 4) is 0 Å². The number of hydrogen-bond acceptors (Lipinski definition) is 4. The molecule has 0 aromatic carbocycles. The minimum Gasteiger partial charge on any atom is -0.452 e. The zero-order chi connectivity index (χ0) is 14.6. The van der Waals surface area contributed by atoms with E-state index in [0.717, 1.165) is 12.8 Å². The minimum absolute atomic E-state index is 0.101. The van der Waals surface area contributed by atoms with E-state index in [9.17, 15) is 8.42 Å². The van der Waals surface area contributed by atoms with E-state index in [1.165, 1.54) is 6.07 Å². The first-order valence-corrected chi connectivity index (χ1v) is 8.58. The van der Waals surface area contributed by atoms with Crippen LogP contribution in [0, 0.1) is 5.92 Å². The molecule has 0 aliphatic rings. The maximum Gasteiger partial charge on any atom is 0.245 e. The van der Waals surface area contributed by atoms with Gasteiger partial charge in [0.1, 0.15) is 10.7 Å². The fourth-order valence-electron chi connectivity index (χ4n) is 1.83. The molecule has 1 rings (SSSR count). The van der Waals surface area contributed by atoms with Crippen molar-refractivity contribution in [2.45, 2.75) is 51.1 Å². The molecule has 2 atom stereocenters. The Kier molecular flexibility index (Phi) is 6.04. The topological polar surface area (TPSA) is 85.3 Å². The molecule has 0 aliphatic carbocycles. The molecule has 0 saturated heterocycles. The fraction of sp³-hybridized carbons (Fsp3) is 0.667. The number of rotatable bonds is 7. The van der Waals surface area contributed by atoms with Gasteiger partial charge in [-0.05, 0) is 35.2 Å². The van der Waals surface area contributed by atoms with Crippen LogP contribution in [0.1, 0.15) is 39.4 Å². The van der Waals surface area contributed by atoms with Gasteiger partial charge in [-0.25, -0.2) is 13.1 Å². The summed E-state index contributed by atoms with van der Waals surface area (Å²) in [5.74, 6) is 0.909. The SMILES string of the molecule is CCC(C)CC(C)NS(=O)(=O)c1cc(CN)oc1Br. The summed E-state index contributed by atoms with van der Waals surface area (Å²) in [6.45, 7) is 6.22. The zero-order valence-corrected chi connectivity index (χ0v) is 13.8. The van der Waals surface area contributed by atoms with E-state index >= 15 is 0 Å². The Labute approximate surface area is 123 Å². The van der Waals surface area contributed by atoms with Crippen LogP contribution in [0.15, 0.2) is 20.0 Å². The largest absolute Gasteiger partial charge is 0.452 e. The third kappa shape index (κ3) is 4.59. The maximum absolute atomic E-state index is 12.2. The molecule has 7 heteroatoms. The molecule has 0 aliphatic heterocycles. The van der Waals surface area contributed by atoms with Crippen LogP contribution in [0.2, 0.25) is 0 Å². The summed E-state index contributed by atoms with van der Waals surface area (Å²) >= 11 is 3.11. The second-order valence-electron chi connectivity index (χ2n) is 4.83. The van der Waals surface area contributed by atoms with Crippen molar-refractivity contribution in [3.63, 3.8) is 0 Å². The Morgan fingerprint density at radius 2 is 2.11 bits per heavy atom. The molecular weight excluding hydrogens is 332 g/mol.